The molecule has 0 fully saturated rings. The fourth-order valence-electron chi connectivity index (χ4n) is 5.01. The number of esters is 1. The van der Waals surface area contributed by atoms with Crippen LogP contribution in [0.15, 0.2) is 61.1 Å². The third-order valence-electron chi connectivity index (χ3n) is 7.11. The van der Waals surface area contributed by atoms with Gasteiger partial charge in [-0.2, -0.15) is 0 Å². The number of aryl methyl sites for hydroxylation is 1. The fourth-order valence-corrected chi connectivity index (χ4v) is 5.01. The first kappa shape index (κ1) is 28.9. The van der Waals surface area contributed by atoms with Gasteiger partial charge in [-0.3, -0.25) is 4.79 Å². The minimum Gasteiger partial charge on any atom is -0.467 e. The second kappa shape index (κ2) is 12.4. The number of alkyl carbamates (subject to hydrolysis) is 1. The highest BCUT2D eigenvalue weighted by atomic mass is 16.5. The molecule has 2 aromatic carbocycles. The predicted molar refractivity (Wildman–Crippen MR) is 152 cm³/mol. The lowest BCUT2D eigenvalue weighted by atomic mass is 9.88. The van der Waals surface area contributed by atoms with Crippen molar-refractivity contribution in [2.24, 2.45) is 12.5 Å². The van der Waals surface area contributed by atoms with E-state index >= 15 is 0 Å². The molecule has 3 aromatic rings. The number of ether oxygens (including phenoxy) is 2. The van der Waals surface area contributed by atoms with E-state index in [4.69, 9.17) is 9.47 Å². The van der Waals surface area contributed by atoms with Gasteiger partial charge in [-0.15, -0.1) is 0 Å². The van der Waals surface area contributed by atoms with E-state index in [1.54, 1.807) is 17.1 Å². The maximum atomic E-state index is 13.4. The summed E-state index contributed by atoms with van der Waals surface area (Å²) in [7, 11) is 3.11. The molecule has 1 aliphatic rings. The van der Waals surface area contributed by atoms with Crippen LogP contribution in [0, 0.1) is 5.41 Å². The van der Waals surface area contributed by atoms with Crippen LogP contribution in [0.25, 0.3) is 11.1 Å². The molecule has 9 nitrogen and oxygen atoms in total. The Morgan fingerprint density at radius 1 is 0.975 bits per heavy atom. The molecular weight excluding hydrogens is 508 g/mol. The van der Waals surface area contributed by atoms with Crippen LogP contribution in [0.3, 0.4) is 0 Å². The van der Waals surface area contributed by atoms with Crippen LogP contribution in [0.4, 0.5) is 4.79 Å². The van der Waals surface area contributed by atoms with E-state index in [9.17, 15) is 14.4 Å². The number of nitrogens with zero attached hydrogens (tertiary/aromatic N) is 2. The molecule has 0 spiro atoms. The average molecular weight is 547 g/mol. The van der Waals surface area contributed by atoms with E-state index in [2.05, 4.69) is 48.5 Å². The third-order valence-corrected chi connectivity index (χ3v) is 7.11. The van der Waals surface area contributed by atoms with Crippen LogP contribution in [0.1, 0.15) is 56.4 Å². The van der Waals surface area contributed by atoms with Gasteiger partial charge < -0.3 is 24.7 Å². The Labute approximate surface area is 235 Å². The summed E-state index contributed by atoms with van der Waals surface area (Å²) in [6.45, 7) is 6.30. The number of fused-ring (bicyclic) bond motifs is 3. The molecule has 1 aliphatic carbocycles. The zero-order valence-electron chi connectivity index (χ0n) is 23.8. The Kier molecular flexibility index (Phi) is 8.92. The highest BCUT2D eigenvalue weighted by Gasteiger charge is 2.32. The van der Waals surface area contributed by atoms with Crippen molar-refractivity contribution in [2.45, 2.75) is 58.0 Å². The van der Waals surface area contributed by atoms with Crippen molar-refractivity contribution < 1.29 is 23.9 Å². The van der Waals surface area contributed by atoms with Crippen molar-refractivity contribution in [1.29, 1.82) is 0 Å². The highest BCUT2D eigenvalue weighted by molar-refractivity contribution is 5.90. The molecule has 40 heavy (non-hydrogen) atoms. The monoisotopic (exact) mass is 546 g/mol. The number of benzene rings is 2. The summed E-state index contributed by atoms with van der Waals surface area (Å²) in [5.74, 6) is -1.15. The van der Waals surface area contributed by atoms with Crippen LogP contribution >= 0.6 is 0 Å². The first-order valence-electron chi connectivity index (χ1n) is 13.5. The van der Waals surface area contributed by atoms with Crippen LogP contribution in [-0.2, 0) is 32.5 Å². The molecule has 2 amide bonds. The molecule has 0 unspecified atom stereocenters. The van der Waals surface area contributed by atoms with Crippen LogP contribution in [-0.4, -0.2) is 53.3 Å². The van der Waals surface area contributed by atoms with Crippen LogP contribution < -0.4 is 10.6 Å². The van der Waals surface area contributed by atoms with E-state index in [1.165, 1.54) is 7.11 Å². The summed E-state index contributed by atoms with van der Waals surface area (Å²) in [4.78, 5) is 43.2. The molecule has 212 valence electrons. The smallest absolute Gasteiger partial charge is 0.407 e. The lowest BCUT2D eigenvalue weighted by Gasteiger charge is -2.25. The molecule has 0 saturated heterocycles. The minimum atomic E-state index is -1.01. The average Bonchev–Trinajstić information content (AvgIpc) is 3.48. The maximum absolute atomic E-state index is 13.4. The van der Waals surface area contributed by atoms with Crippen LogP contribution in [0.5, 0.6) is 0 Å². The van der Waals surface area contributed by atoms with E-state index in [0.717, 1.165) is 22.3 Å². The van der Waals surface area contributed by atoms with Gasteiger partial charge in [0.05, 0.1) is 19.1 Å². The van der Waals surface area contributed by atoms with Gasteiger partial charge in [0.25, 0.3) is 0 Å². The zero-order valence-corrected chi connectivity index (χ0v) is 23.8. The number of nitrogens with one attached hydrogen (secondary N) is 2. The number of methoxy groups -OCH3 is 1. The minimum absolute atomic E-state index is 0.0378. The van der Waals surface area contributed by atoms with Crippen molar-refractivity contribution in [1.82, 2.24) is 20.2 Å². The summed E-state index contributed by atoms with van der Waals surface area (Å²) in [6.07, 6.45) is 3.91. The first-order chi connectivity index (χ1) is 19.1. The van der Waals surface area contributed by atoms with Gasteiger partial charge in [-0.25, -0.2) is 14.6 Å². The third kappa shape index (κ3) is 7.08. The molecule has 1 heterocycles. The van der Waals surface area contributed by atoms with Crippen molar-refractivity contribution in [2.75, 3.05) is 13.7 Å². The van der Waals surface area contributed by atoms with Gasteiger partial charge in [-0.05, 0) is 40.5 Å². The molecule has 4 rings (SSSR count). The summed E-state index contributed by atoms with van der Waals surface area (Å²) in [6, 6.07) is 14.3. The Hall–Kier alpha value is -4.14. The number of rotatable bonds is 10. The van der Waals surface area contributed by atoms with Crippen LogP contribution in [0.2, 0.25) is 0 Å². The topological polar surface area (TPSA) is 112 Å². The standard InChI is InChI=1S/C31H38N4O5/c1-31(2,3)15-14-26(29(37)39-5)33-28(36)27(16-20-17-35(4)19-32-20)34-30(38)40-18-25-23-12-8-6-10-21(23)22-11-7-9-13-24(22)25/h6-13,17,19,25-27H,14-16,18H2,1-5H3,(H,33,36)(H,34,38)/t26-,27-/m0/s1. The Balaban J connectivity index is 1.46. The van der Waals surface area contributed by atoms with Gasteiger partial charge in [-0.1, -0.05) is 69.3 Å². The normalized spacial score (nSPS) is 14.0. The van der Waals surface area contributed by atoms with Gasteiger partial charge in [0.2, 0.25) is 5.91 Å². The van der Waals surface area contributed by atoms with E-state index in [0.29, 0.717) is 18.5 Å². The number of hydrogen-bond donors (Lipinski definition) is 2. The molecule has 0 aliphatic heterocycles. The predicted octanol–water partition coefficient (Wildman–Crippen LogP) is 4.35. The SMILES string of the molecule is COC(=O)[C@H](CCC(C)(C)C)NC(=O)[C@H](Cc1cn(C)cn1)NC(=O)OCC1c2ccccc2-c2ccccc21. The van der Waals surface area contributed by atoms with Crippen molar-refractivity contribution in [3.8, 4) is 11.1 Å². The van der Waals surface area contributed by atoms with E-state index in [-0.39, 0.29) is 24.4 Å². The number of amides is 2. The number of hydrogen-bond acceptors (Lipinski definition) is 6. The summed E-state index contributed by atoms with van der Waals surface area (Å²) in [5, 5.41) is 5.48. The second-order valence-corrected chi connectivity index (χ2v) is 11.4. The number of aromatic nitrogens is 2. The zero-order chi connectivity index (χ0) is 28.9. The number of carbonyl (C=O) groups excluding carboxylic acids is 3. The Bertz CT molecular complexity index is 1310. The summed E-state index contributed by atoms with van der Waals surface area (Å²) < 4.78 is 12.4. The molecule has 0 saturated carbocycles. The van der Waals surface area contributed by atoms with Gasteiger partial charge in [0, 0.05) is 25.6 Å². The second-order valence-electron chi connectivity index (χ2n) is 11.4. The lowest BCUT2D eigenvalue weighted by Crippen LogP contribution is -2.53. The molecule has 0 bridgehead atoms. The van der Waals surface area contributed by atoms with Crippen molar-refractivity contribution in [3.05, 3.63) is 77.9 Å². The highest BCUT2D eigenvalue weighted by Crippen LogP contribution is 2.44. The molecular formula is C31H38N4O5. The van der Waals surface area contributed by atoms with Crippen molar-refractivity contribution in [3.63, 3.8) is 0 Å². The largest absolute Gasteiger partial charge is 0.467 e. The van der Waals surface area contributed by atoms with E-state index < -0.39 is 30.1 Å². The Morgan fingerprint density at radius 3 is 2.15 bits per heavy atom. The molecule has 2 N–H and O–H groups in total. The molecule has 9 heteroatoms. The maximum Gasteiger partial charge on any atom is 0.407 e. The van der Waals surface area contributed by atoms with E-state index in [1.807, 2.05) is 43.4 Å². The van der Waals surface area contributed by atoms with Gasteiger partial charge >= 0.3 is 12.1 Å². The first-order valence-corrected chi connectivity index (χ1v) is 13.5. The van der Waals surface area contributed by atoms with Gasteiger partial charge in [0.1, 0.15) is 18.7 Å². The quantitative estimate of drug-likeness (QED) is 0.366. The Morgan fingerprint density at radius 2 is 1.60 bits per heavy atom. The summed E-state index contributed by atoms with van der Waals surface area (Å²) >= 11 is 0. The fraction of sp³-hybridized carbons (Fsp3) is 0.419. The summed E-state index contributed by atoms with van der Waals surface area (Å²) in [5.41, 5.74) is 5.03. The number of carbonyl (C=O) groups is 3. The van der Waals surface area contributed by atoms with Crippen molar-refractivity contribution >= 4 is 18.0 Å². The molecule has 2 atom stereocenters. The number of imidazole rings is 1. The molecule has 1 aromatic heterocycles. The lowest BCUT2D eigenvalue weighted by molar-refractivity contribution is -0.145. The van der Waals surface area contributed by atoms with Gasteiger partial charge in [0.15, 0.2) is 0 Å². The molecule has 0 radical (unpaired) electrons.